The maximum absolute atomic E-state index is 14.8. The van der Waals surface area contributed by atoms with Crippen molar-refractivity contribution in [3.63, 3.8) is 0 Å². The molecular formula is C40H50F3N7O6S. The van der Waals surface area contributed by atoms with E-state index in [1.807, 2.05) is 19.9 Å². The van der Waals surface area contributed by atoms with Crippen molar-refractivity contribution < 1.29 is 41.0 Å². The van der Waals surface area contributed by atoms with E-state index in [4.69, 9.17) is 14.5 Å². The second-order valence-electron chi connectivity index (χ2n) is 16.4. The molecule has 1 spiro atoms. The van der Waals surface area contributed by atoms with Gasteiger partial charge in [-0.2, -0.15) is 22.5 Å². The highest BCUT2D eigenvalue weighted by atomic mass is 32.2. The van der Waals surface area contributed by atoms with Gasteiger partial charge in [0.25, 0.3) is 0 Å². The molecule has 57 heavy (non-hydrogen) atoms. The van der Waals surface area contributed by atoms with Crippen molar-refractivity contribution in [3.8, 4) is 5.88 Å². The SMILES string of the molecule is Cc1ccc([C@H](c2ccn3c(C(F)(F)F)nnc3c2C)C(C)(C)C(=O)O)cc1CN1CC2(CCOCC2)Oc2nc(N[C@@H](C)CN3CCCC3)c(C)cc2S1(=O)=O. The van der Waals surface area contributed by atoms with Gasteiger partial charge in [0.2, 0.25) is 21.7 Å². The van der Waals surface area contributed by atoms with Crippen LogP contribution in [-0.4, -0.2) is 99.3 Å². The number of sulfonamides is 1. The van der Waals surface area contributed by atoms with E-state index >= 15 is 0 Å². The standard InChI is InChI=1S/C40H50F3N7O6S/c1-24-9-10-28(32(38(5,6)37(51)52)30-11-16-50-34(27(30)4)46-47-36(50)40(41,42)43)20-29(24)22-49-23-39(12-17-55-18-13-39)56-35-31(57(49,53)54)19-25(2)33(45-35)44-26(3)21-48-14-7-8-15-48/h9-11,16,19-20,26,32H,7-8,12-15,17-18,21-23H2,1-6H3,(H,44,45)(H,51,52)/t26-,32+/m0/s1. The largest absolute Gasteiger partial charge is 0.481 e. The van der Waals surface area contributed by atoms with E-state index in [2.05, 4.69) is 27.3 Å². The average Bonchev–Trinajstić information content (AvgIpc) is 3.81. The van der Waals surface area contributed by atoms with E-state index in [9.17, 15) is 31.5 Å². The van der Waals surface area contributed by atoms with Crippen molar-refractivity contribution in [3.05, 3.63) is 75.7 Å². The number of likely N-dealkylation sites (tertiary alicyclic amines) is 1. The monoisotopic (exact) mass is 813 g/mol. The highest BCUT2D eigenvalue weighted by molar-refractivity contribution is 7.89. The Morgan fingerprint density at radius 1 is 1.04 bits per heavy atom. The molecule has 2 atom stereocenters. The van der Waals surface area contributed by atoms with Crippen molar-refractivity contribution in [2.45, 2.75) is 102 Å². The van der Waals surface area contributed by atoms with Gasteiger partial charge in [0, 0.05) is 44.1 Å². The molecule has 3 aromatic heterocycles. The summed E-state index contributed by atoms with van der Waals surface area (Å²) in [6, 6.07) is 8.56. The molecule has 3 aliphatic heterocycles. The lowest BCUT2D eigenvalue weighted by atomic mass is 9.70. The van der Waals surface area contributed by atoms with E-state index in [0.29, 0.717) is 59.7 Å². The number of halogens is 3. The van der Waals surface area contributed by atoms with Crippen molar-refractivity contribution in [1.29, 1.82) is 0 Å². The number of anilines is 1. The normalized spacial score (nSPS) is 19.9. The maximum Gasteiger partial charge on any atom is 0.452 e. The summed E-state index contributed by atoms with van der Waals surface area (Å²) in [6.45, 7) is 14.2. The van der Waals surface area contributed by atoms with Crippen LogP contribution in [0.15, 0.2) is 41.4 Å². The molecule has 17 heteroatoms. The topological polar surface area (TPSA) is 151 Å². The van der Waals surface area contributed by atoms with Crippen molar-refractivity contribution in [2.24, 2.45) is 5.41 Å². The third-order valence-electron chi connectivity index (χ3n) is 11.8. The first-order valence-corrected chi connectivity index (χ1v) is 20.8. The predicted octanol–water partition coefficient (Wildman–Crippen LogP) is 6.34. The van der Waals surface area contributed by atoms with Crippen molar-refractivity contribution in [1.82, 2.24) is 28.8 Å². The van der Waals surface area contributed by atoms with E-state index in [0.717, 1.165) is 29.6 Å². The summed E-state index contributed by atoms with van der Waals surface area (Å²) >= 11 is 0. The minimum atomic E-state index is -4.75. The minimum absolute atomic E-state index is 0.0279. The molecule has 0 amide bonds. The predicted molar refractivity (Wildman–Crippen MR) is 206 cm³/mol. The van der Waals surface area contributed by atoms with Gasteiger partial charge in [-0.25, -0.2) is 8.42 Å². The lowest BCUT2D eigenvalue weighted by molar-refractivity contribution is -0.147. The summed E-state index contributed by atoms with van der Waals surface area (Å²) < 4.78 is 85.4. The van der Waals surface area contributed by atoms with Crippen LogP contribution in [0.4, 0.5) is 19.0 Å². The Morgan fingerprint density at radius 2 is 1.74 bits per heavy atom. The molecule has 0 radical (unpaired) electrons. The number of aromatic nitrogens is 4. The molecule has 2 fully saturated rings. The van der Waals surface area contributed by atoms with E-state index < -0.39 is 44.9 Å². The number of carboxylic acid groups (broad SMARTS) is 1. The summed E-state index contributed by atoms with van der Waals surface area (Å²) in [5.74, 6) is -2.57. The number of nitrogens with one attached hydrogen (secondary N) is 1. The molecule has 3 aliphatic rings. The lowest BCUT2D eigenvalue weighted by Gasteiger charge is -2.38. The van der Waals surface area contributed by atoms with Gasteiger partial charge >= 0.3 is 12.1 Å². The fourth-order valence-corrected chi connectivity index (χ4v) is 10.1. The number of benzene rings is 1. The first-order valence-electron chi connectivity index (χ1n) is 19.3. The van der Waals surface area contributed by atoms with Gasteiger partial charge in [-0.3, -0.25) is 9.20 Å². The third-order valence-corrected chi connectivity index (χ3v) is 13.6. The van der Waals surface area contributed by atoms with Gasteiger partial charge in [0.15, 0.2) is 5.65 Å². The number of nitrogens with zero attached hydrogens (tertiary/aromatic N) is 6. The fourth-order valence-electron chi connectivity index (χ4n) is 8.48. The smallest absolute Gasteiger partial charge is 0.452 e. The van der Waals surface area contributed by atoms with Gasteiger partial charge < -0.3 is 24.8 Å². The fraction of sp³-hybridized carbons (Fsp3) is 0.550. The van der Waals surface area contributed by atoms with E-state index in [-0.39, 0.29) is 35.6 Å². The number of carboxylic acids is 1. The molecule has 0 aliphatic carbocycles. The van der Waals surface area contributed by atoms with Crippen LogP contribution in [0, 0.1) is 26.2 Å². The molecule has 6 heterocycles. The molecule has 2 saturated heterocycles. The number of hydrogen-bond acceptors (Lipinski definition) is 10. The number of rotatable bonds is 10. The first-order chi connectivity index (χ1) is 26.8. The maximum atomic E-state index is 14.8. The number of fused-ring (bicyclic) bond motifs is 2. The minimum Gasteiger partial charge on any atom is -0.481 e. The second-order valence-corrected chi connectivity index (χ2v) is 18.3. The van der Waals surface area contributed by atoms with Gasteiger partial charge in [0.1, 0.15) is 16.3 Å². The number of carbonyl (C=O) groups is 1. The number of aryl methyl sites for hydroxylation is 3. The zero-order valence-electron chi connectivity index (χ0n) is 33.1. The van der Waals surface area contributed by atoms with Crippen LogP contribution in [0.5, 0.6) is 5.88 Å². The number of ether oxygens (including phenoxy) is 2. The molecule has 308 valence electrons. The second kappa shape index (κ2) is 15.1. The summed E-state index contributed by atoms with van der Waals surface area (Å²) in [6.07, 6.45) is -0.304. The zero-order valence-corrected chi connectivity index (χ0v) is 33.9. The van der Waals surface area contributed by atoms with Gasteiger partial charge in [-0.15, -0.1) is 10.2 Å². The van der Waals surface area contributed by atoms with Crippen LogP contribution in [-0.2, 0) is 32.3 Å². The Bertz CT molecular complexity index is 2280. The van der Waals surface area contributed by atoms with Gasteiger partial charge in [-0.1, -0.05) is 18.2 Å². The van der Waals surface area contributed by atoms with E-state index in [1.165, 1.54) is 29.4 Å². The first kappa shape index (κ1) is 40.9. The zero-order chi connectivity index (χ0) is 41.1. The lowest BCUT2D eigenvalue weighted by Crippen LogP contribution is -2.50. The number of aliphatic carboxylic acids is 1. The molecule has 0 unspecified atom stereocenters. The van der Waals surface area contributed by atoms with Gasteiger partial charge in [-0.05, 0) is 113 Å². The van der Waals surface area contributed by atoms with Crippen molar-refractivity contribution >= 4 is 27.5 Å². The van der Waals surface area contributed by atoms with Crippen LogP contribution in [0.1, 0.15) is 91.6 Å². The van der Waals surface area contributed by atoms with Crippen molar-refractivity contribution in [2.75, 3.05) is 44.7 Å². The summed E-state index contributed by atoms with van der Waals surface area (Å²) in [5.41, 5.74) is 0.987. The summed E-state index contributed by atoms with van der Waals surface area (Å²) in [4.78, 5) is 20.1. The van der Waals surface area contributed by atoms with Crippen LogP contribution in [0.2, 0.25) is 0 Å². The molecule has 0 bridgehead atoms. The molecule has 4 aromatic rings. The highest BCUT2D eigenvalue weighted by Gasteiger charge is 2.47. The molecule has 0 saturated carbocycles. The number of alkyl halides is 3. The third kappa shape index (κ3) is 7.82. The molecular weight excluding hydrogens is 764 g/mol. The van der Waals surface area contributed by atoms with E-state index in [1.54, 1.807) is 39.0 Å². The molecule has 13 nitrogen and oxygen atoms in total. The van der Waals surface area contributed by atoms with Gasteiger partial charge in [0.05, 0.1) is 25.2 Å². The Labute approximate surface area is 330 Å². The molecule has 2 N–H and O–H groups in total. The summed E-state index contributed by atoms with van der Waals surface area (Å²) in [7, 11) is -4.20. The van der Waals surface area contributed by atoms with Crippen LogP contribution < -0.4 is 10.1 Å². The average molecular weight is 814 g/mol. The molecule has 1 aromatic carbocycles. The molecule has 7 rings (SSSR count). The van der Waals surface area contributed by atoms with Crippen LogP contribution >= 0.6 is 0 Å². The van der Waals surface area contributed by atoms with Crippen LogP contribution in [0.3, 0.4) is 0 Å². The number of hydrogen-bond donors (Lipinski definition) is 2. The Morgan fingerprint density at radius 3 is 2.40 bits per heavy atom. The Kier molecular flexibility index (Phi) is 10.8. The highest BCUT2D eigenvalue weighted by Crippen LogP contribution is 2.45. The quantitative estimate of drug-likeness (QED) is 0.185. The summed E-state index contributed by atoms with van der Waals surface area (Å²) in [5, 5.41) is 21.2. The van der Waals surface area contributed by atoms with Crippen LogP contribution in [0.25, 0.3) is 5.65 Å². The Balaban J connectivity index is 1.28. The number of pyridine rings is 2. The Hall–Kier alpha value is -4.32.